The van der Waals surface area contributed by atoms with Crippen LogP contribution in [0.3, 0.4) is 0 Å². The Morgan fingerprint density at radius 3 is 2.25 bits per heavy atom. The van der Waals surface area contributed by atoms with Crippen molar-refractivity contribution < 1.29 is 9.47 Å². The lowest BCUT2D eigenvalue weighted by molar-refractivity contribution is 0.394. The number of hydrogen-bond acceptors (Lipinski definition) is 8. The Hall–Kier alpha value is -3.34. The molecule has 1 aromatic carbocycles. The number of nitrogens with two attached hydrogens (primary N) is 1. The van der Waals surface area contributed by atoms with Gasteiger partial charge in [0.25, 0.3) is 0 Å². The minimum atomic E-state index is 0.0491. The Balaban J connectivity index is 2.53. The van der Waals surface area contributed by atoms with Crippen LogP contribution in [0.25, 0.3) is 11.6 Å². The largest absolute Gasteiger partial charge is 0.497 e. The maximum atomic E-state index is 9.48. The number of aromatic nitrogens is 3. The summed E-state index contributed by atoms with van der Waals surface area (Å²) in [4.78, 5) is 14.0. The molecule has 0 bridgehead atoms. The molecule has 0 atom stereocenters. The van der Waals surface area contributed by atoms with Crippen molar-refractivity contribution in [2.24, 2.45) is 0 Å². The van der Waals surface area contributed by atoms with Crippen LogP contribution in [0.2, 0.25) is 0 Å². The van der Waals surface area contributed by atoms with Gasteiger partial charge in [0.2, 0.25) is 11.9 Å². The van der Waals surface area contributed by atoms with E-state index >= 15 is 0 Å². The van der Waals surface area contributed by atoms with E-state index in [1.807, 2.05) is 0 Å². The number of nitriles is 1. The van der Waals surface area contributed by atoms with Gasteiger partial charge in [0.15, 0.2) is 5.82 Å². The van der Waals surface area contributed by atoms with Crippen molar-refractivity contribution in [2.75, 3.05) is 38.9 Å². The Kier molecular flexibility index (Phi) is 5.16. The number of benzene rings is 1. The maximum absolute atomic E-state index is 9.48. The van der Waals surface area contributed by atoms with Crippen molar-refractivity contribution in [1.29, 1.82) is 5.26 Å². The second kappa shape index (κ2) is 7.28. The zero-order chi connectivity index (χ0) is 17.7. The third-order valence-electron chi connectivity index (χ3n) is 3.09. The van der Waals surface area contributed by atoms with E-state index in [2.05, 4.69) is 21.0 Å². The molecule has 0 saturated carbocycles. The first-order valence-electron chi connectivity index (χ1n) is 7.01. The normalized spacial score (nSPS) is 10.9. The van der Waals surface area contributed by atoms with E-state index in [-0.39, 0.29) is 17.3 Å². The summed E-state index contributed by atoms with van der Waals surface area (Å²) in [5.74, 6) is 1.86. The number of nitrogen functional groups attached to an aromatic ring is 1. The molecule has 0 radical (unpaired) electrons. The number of rotatable bonds is 5. The van der Waals surface area contributed by atoms with Gasteiger partial charge in [-0.15, -0.1) is 0 Å². The number of ether oxygens (including phenoxy) is 2. The lowest BCUT2D eigenvalue weighted by atomic mass is 10.1. The first-order chi connectivity index (χ1) is 11.5. The fraction of sp³-hybridized carbons (Fsp3) is 0.250. The molecule has 1 heterocycles. The highest BCUT2D eigenvalue weighted by atomic mass is 16.5. The van der Waals surface area contributed by atoms with Crippen molar-refractivity contribution in [3.63, 3.8) is 0 Å². The molecule has 1 aromatic heterocycles. The van der Waals surface area contributed by atoms with E-state index in [4.69, 9.17) is 15.2 Å². The Labute approximate surface area is 140 Å². The van der Waals surface area contributed by atoms with Crippen molar-refractivity contribution in [2.45, 2.75) is 0 Å². The molecule has 0 aliphatic heterocycles. The zero-order valence-electron chi connectivity index (χ0n) is 13.9. The van der Waals surface area contributed by atoms with Crippen LogP contribution in [-0.4, -0.2) is 43.3 Å². The molecule has 0 amide bonds. The Morgan fingerprint density at radius 2 is 1.75 bits per heavy atom. The standard InChI is InChI=1S/C16H18N6O2/c1-22(2)16-20-14(19-15(18)21-16)11(9-17)5-10-6-12(23-3)8-13(7-10)24-4/h5-8H,1-4H3,(H2,18,19,20,21). The lowest BCUT2D eigenvalue weighted by Gasteiger charge is -2.11. The van der Waals surface area contributed by atoms with Gasteiger partial charge in [0, 0.05) is 20.2 Å². The predicted octanol–water partition coefficient (Wildman–Crippen LogP) is 1.60. The third-order valence-corrected chi connectivity index (χ3v) is 3.09. The molecule has 124 valence electrons. The van der Waals surface area contributed by atoms with Crippen LogP contribution in [0.1, 0.15) is 11.4 Å². The van der Waals surface area contributed by atoms with Crippen LogP contribution in [0.5, 0.6) is 11.5 Å². The van der Waals surface area contributed by atoms with E-state index in [1.54, 1.807) is 57.5 Å². The second-order valence-electron chi connectivity index (χ2n) is 5.03. The topological polar surface area (TPSA) is 110 Å². The fourth-order valence-electron chi connectivity index (χ4n) is 1.93. The van der Waals surface area contributed by atoms with Crippen molar-refractivity contribution >= 4 is 23.5 Å². The molecule has 24 heavy (non-hydrogen) atoms. The van der Waals surface area contributed by atoms with E-state index < -0.39 is 0 Å². The molecule has 2 N–H and O–H groups in total. The van der Waals surface area contributed by atoms with Gasteiger partial charge in [0.1, 0.15) is 17.6 Å². The van der Waals surface area contributed by atoms with Gasteiger partial charge in [-0.2, -0.15) is 20.2 Å². The van der Waals surface area contributed by atoms with E-state index in [0.717, 1.165) is 0 Å². The van der Waals surface area contributed by atoms with Gasteiger partial charge in [0.05, 0.1) is 19.8 Å². The molecule has 0 fully saturated rings. The van der Waals surface area contributed by atoms with E-state index in [9.17, 15) is 5.26 Å². The monoisotopic (exact) mass is 326 g/mol. The fourth-order valence-corrected chi connectivity index (χ4v) is 1.93. The Bertz CT molecular complexity index is 788. The van der Waals surface area contributed by atoms with Gasteiger partial charge in [-0.05, 0) is 23.8 Å². The number of anilines is 2. The second-order valence-corrected chi connectivity index (χ2v) is 5.03. The first kappa shape index (κ1) is 17.0. The number of allylic oxidation sites excluding steroid dienone is 1. The highest BCUT2D eigenvalue weighted by Crippen LogP contribution is 2.25. The van der Waals surface area contributed by atoms with E-state index in [1.165, 1.54) is 0 Å². The minimum Gasteiger partial charge on any atom is -0.497 e. The average Bonchev–Trinajstić information content (AvgIpc) is 2.58. The van der Waals surface area contributed by atoms with E-state index in [0.29, 0.717) is 23.0 Å². The molecule has 8 nitrogen and oxygen atoms in total. The summed E-state index contributed by atoms with van der Waals surface area (Å²) in [6.07, 6.45) is 1.64. The summed E-state index contributed by atoms with van der Waals surface area (Å²) in [5, 5.41) is 9.48. The highest BCUT2D eigenvalue weighted by molar-refractivity contribution is 5.87. The van der Waals surface area contributed by atoms with Crippen LogP contribution < -0.4 is 20.1 Å². The molecule has 0 saturated heterocycles. The molecular weight excluding hydrogens is 308 g/mol. The summed E-state index contributed by atoms with van der Waals surface area (Å²) < 4.78 is 10.5. The average molecular weight is 326 g/mol. The third kappa shape index (κ3) is 3.89. The highest BCUT2D eigenvalue weighted by Gasteiger charge is 2.11. The van der Waals surface area contributed by atoms with Crippen molar-refractivity contribution in [3.05, 3.63) is 29.6 Å². The minimum absolute atomic E-state index is 0.0491. The molecule has 0 aliphatic carbocycles. The summed E-state index contributed by atoms with van der Waals surface area (Å²) in [6, 6.07) is 7.38. The first-order valence-corrected chi connectivity index (χ1v) is 7.01. The zero-order valence-corrected chi connectivity index (χ0v) is 13.9. The summed E-state index contributed by atoms with van der Waals surface area (Å²) in [5.41, 5.74) is 6.68. The summed E-state index contributed by atoms with van der Waals surface area (Å²) in [6.45, 7) is 0. The maximum Gasteiger partial charge on any atom is 0.230 e. The van der Waals surface area contributed by atoms with Crippen molar-refractivity contribution in [1.82, 2.24) is 15.0 Å². The molecule has 2 rings (SSSR count). The Morgan fingerprint density at radius 1 is 1.12 bits per heavy atom. The summed E-state index contributed by atoms with van der Waals surface area (Å²) in [7, 11) is 6.68. The van der Waals surface area contributed by atoms with Gasteiger partial charge in [-0.25, -0.2) is 0 Å². The molecule has 2 aromatic rings. The predicted molar refractivity (Wildman–Crippen MR) is 91.6 cm³/mol. The van der Waals surface area contributed by atoms with Gasteiger partial charge < -0.3 is 20.1 Å². The van der Waals surface area contributed by atoms with Gasteiger partial charge in [-0.3, -0.25) is 0 Å². The van der Waals surface area contributed by atoms with Gasteiger partial charge >= 0.3 is 0 Å². The molecule has 8 heteroatoms. The lowest BCUT2D eigenvalue weighted by Crippen LogP contribution is -2.15. The SMILES string of the molecule is COc1cc(C=C(C#N)c2nc(N)nc(N(C)C)n2)cc(OC)c1. The van der Waals surface area contributed by atoms with Crippen LogP contribution in [0, 0.1) is 11.3 Å². The number of methoxy groups -OCH3 is 2. The number of hydrogen-bond donors (Lipinski definition) is 1. The van der Waals surface area contributed by atoms with Crippen LogP contribution in [-0.2, 0) is 0 Å². The quantitative estimate of drug-likeness (QED) is 0.825. The van der Waals surface area contributed by atoms with Crippen molar-refractivity contribution in [3.8, 4) is 17.6 Å². The van der Waals surface area contributed by atoms with Crippen LogP contribution in [0.15, 0.2) is 18.2 Å². The molecule has 0 spiro atoms. The molecular formula is C16H18N6O2. The summed E-state index contributed by atoms with van der Waals surface area (Å²) >= 11 is 0. The molecule has 0 aliphatic rings. The van der Waals surface area contributed by atoms with Crippen LogP contribution >= 0.6 is 0 Å². The number of nitrogens with zero attached hydrogens (tertiary/aromatic N) is 5. The van der Waals surface area contributed by atoms with Gasteiger partial charge in [-0.1, -0.05) is 0 Å². The smallest absolute Gasteiger partial charge is 0.230 e. The molecule has 0 unspecified atom stereocenters. The van der Waals surface area contributed by atoms with Crippen LogP contribution in [0.4, 0.5) is 11.9 Å².